The van der Waals surface area contributed by atoms with E-state index in [9.17, 15) is 9.59 Å². The molecule has 0 heterocycles. The summed E-state index contributed by atoms with van der Waals surface area (Å²) in [5, 5.41) is 8.99. The molecule has 3 rings (SSSR count). The highest BCUT2D eigenvalue weighted by molar-refractivity contribution is 8.00. The fourth-order valence-corrected chi connectivity index (χ4v) is 3.40. The quantitative estimate of drug-likeness (QED) is 0.440. The van der Waals surface area contributed by atoms with Crippen molar-refractivity contribution in [2.75, 3.05) is 27.5 Å². The molecular weight excluding hydrogens is 394 g/mol. The van der Waals surface area contributed by atoms with Gasteiger partial charge in [0.25, 0.3) is 0 Å². The van der Waals surface area contributed by atoms with Crippen LogP contribution in [0.1, 0.15) is 12.5 Å². The molecule has 0 atom stereocenters. The zero-order valence-electron chi connectivity index (χ0n) is 16.9. The molecule has 0 saturated heterocycles. The van der Waals surface area contributed by atoms with Gasteiger partial charge >= 0.3 is 0 Å². The number of hydrogen-bond acceptors (Lipinski definition) is 4. The highest BCUT2D eigenvalue weighted by atomic mass is 32.2. The van der Waals surface area contributed by atoms with E-state index in [0.717, 1.165) is 29.2 Å². The highest BCUT2D eigenvalue weighted by Gasteiger charge is 2.07. The van der Waals surface area contributed by atoms with Crippen molar-refractivity contribution < 1.29 is 9.59 Å². The molecule has 0 unspecified atom stereocenters. The molecule has 0 fully saturated rings. The summed E-state index contributed by atoms with van der Waals surface area (Å²) < 4.78 is 0. The van der Waals surface area contributed by atoms with Crippen molar-refractivity contribution in [1.29, 1.82) is 0 Å². The smallest absolute Gasteiger partial charge is 0.234 e. The van der Waals surface area contributed by atoms with Crippen LogP contribution in [0.3, 0.4) is 0 Å². The first-order valence-electron chi connectivity index (χ1n) is 9.81. The van der Waals surface area contributed by atoms with Crippen LogP contribution in [-0.2, 0) is 16.0 Å². The molecule has 3 aromatic carbocycles. The van der Waals surface area contributed by atoms with Crippen LogP contribution in [0.15, 0.2) is 78.9 Å². The molecular formula is C24H25N3O2S. The van der Waals surface area contributed by atoms with Crippen molar-refractivity contribution in [2.24, 2.45) is 0 Å². The Kier molecular flexibility index (Phi) is 7.92. The summed E-state index contributed by atoms with van der Waals surface area (Å²) in [5.74, 6) is 0.187. The number of para-hydroxylation sites is 1. The van der Waals surface area contributed by atoms with Crippen LogP contribution in [-0.4, -0.2) is 23.3 Å². The minimum Gasteiger partial charge on any atom is -0.356 e. The van der Waals surface area contributed by atoms with E-state index in [0.29, 0.717) is 0 Å². The van der Waals surface area contributed by atoms with Gasteiger partial charge in [-0.05, 0) is 60.5 Å². The molecule has 6 heteroatoms. The standard InChI is InChI=1S/C24H25N3O2S/c1-2-18-8-10-21(11-9-18)26-23(28)16-30-17-24(29)27-22-14-12-20(13-15-22)25-19-6-4-3-5-7-19/h3-15,25H,2,16-17H2,1H3,(H,26,28)(H,27,29). The summed E-state index contributed by atoms with van der Waals surface area (Å²) in [4.78, 5) is 24.1. The molecule has 30 heavy (non-hydrogen) atoms. The van der Waals surface area contributed by atoms with Gasteiger partial charge in [0.05, 0.1) is 11.5 Å². The van der Waals surface area contributed by atoms with Crippen LogP contribution in [0.4, 0.5) is 22.7 Å². The van der Waals surface area contributed by atoms with Gasteiger partial charge in [-0.1, -0.05) is 37.3 Å². The summed E-state index contributed by atoms with van der Waals surface area (Å²) in [6.07, 6.45) is 0.964. The van der Waals surface area contributed by atoms with Gasteiger partial charge in [0, 0.05) is 22.7 Å². The van der Waals surface area contributed by atoms with E-state index in [1.54, 1.807) is 0 Å². The second-order valence-corrected chi connectivity index (χ2v) is 7.69. The maximum atomic E-state index is 12.1. The van der Waals surface area contributed by atoms with Crippen LogP contribution < -0.4 is 16.0 Å². The molecule has 0 aliphatic heterocycles. The first-order valence-corrected chi connectivity index (χ1v) is 11.0. The van der Waals surface area contributed by atoms with Crippen LogP contribution in [0.2, 0.25) is 0 Å². The van der Waals surface area contributed by atoms with Gasteiger partial charge in [-0.3, -0.25) is 9.59 Å². The lowest BCUT2D eigenvalue weighted by Gasteiger charge is -2.09. The van der Waals surface area contributed by atoms with Gasteiger partial charge in [-0.2, -0.15) is 0 Å². The monoisotopic (exact) mass is 419 g/mol. The highest BCUT2D eigenvalue weighted by Crippen LogP contribution is 2.19. The molecule has 0 aliphatic carbocycles. The Morgan fingerprint density at radius 3 is 1.67 bits per heavy atom. The predicted molar refractivity (Wildman–Crippen MR) is 127 cm³/mol. The first kappa shape index (κ1) is 21.5. The number of hydrogen-bond donors (Lipinski definition) is 3. The van der Waals surface area contributed by atoms with E-state index in [2.05, 4.69) is 22.9 Å². The normalized spacial score (nSPS) is 10.3. The van der Waals surface area contributed by atoms with Crippen molar-refractivity contribution in [2.45, 2.75) is 13.3 Å². The topological polar surface area (TPSA) is 70.2 Å². The van der Waals surface area contributed by atoms with Crippen molar-refractivity contribution in [1.82, 2.24) is 0 Å². The van der Waals surface area contributed by atoms with Gasteiger partial charge < -0.3 is 16.0 Å². The Labute approximate surface area is 181 Å². The summed E-state index contributed by atoms with van der Waals surface area (Å²) in [5.41, 5.74) is 4.66. The Hall–Kier alpha value is -3.25. The lowest BCUT2D eigenvalue weighted by Crippen LogP contribution is -2.18. The van der Waals surface area contributed by atoms with Crippen LogP contribution in [0.5, 0.6) is 0 Å². The Morgan fingerprint density at radius 2 is 1.13 bits per heavy atom. The number of carbonyl (C=O) groups is 2. The van der Waals surface area contributed by atoms with E-state index in [1.165, 1.54) is 17.3 Å². The molecule has 0 spiro atoms. The molecule has 0 radical (unpaired) electrons. The molecule has 0 bridgehead atoms. The van der Waals surface area contributed by atoms with Gasteiger partial charge in [0.15, 0.2) is 0 Å². The fourth-order valence-electron chi connectivity index (χ4n) is 2.78. The lowest BCUT2D eigenvalue weighted by molar-refractivity contribution is -0.114. The van der Waals surface area contributed by atoms with E-state index in [-0.39, 0.29) is 23.3 Å². The number of nitrogens with one attached hydrogen (secondary N) is 3. The van der Waals surface area contributed by atoms with Crippen LogP contribution in [0, 0.1) is 0 Å². The van der Waals surface area contributed by atoms with Crippen LogP contribution >= 0.6 is 11.8 Å². The molecule has 154 valence electrons. The first-order chi connectivity index (χ1) is 14.6. The molecule has 3 N–H and O–H groups in total. The molecule has 0 aromatic heterocycles. The largest absolute Gasteiger partial charge is 0.356 e. The Balaban J connectivity index is 1.38. The van der Waals surface area contributed by atoms with E-state index < -0.39 is 0 Å². The van der Waals surface area contributed by atoms with Gasteiger partial charge in [-0.15, -0.1) is 11.8 Å². The second-order valence-electron chi connectivity index (χ2n) is 6.71. The van der Waals surface area contributed by atoms with E-state index in [4.69, 9.17) is 0 Å². The van der Waals surface area contributed by atoms with Crippen molar-refractivity contribution in [3.8, 4) is 0 Å². The van der Waals surface area contributed by atoms with Gasteiger partial charge in [0.2, 0.25) is 11.8 Å². The third-order valence-electron chi connectivity index (χ3n) is 4.34. The minimum atomic E-state index is -0.135. The van der Waals surface area contributed by atoms with Crippen LogP contribution in [0.25, 0.3) is 0 Å². The van der Waals surface area contributed by atoms with Gasteiger partial charge in [-0.25, -0.2) is 0 Å². The zero-order valence-corrected chi connectivity index (χ0v) is 17.7. The Bertz CT molecular complexity index is 958. The van der Waals surface area contributed by atoms with E-state index in [1.807, 2.05) is 78.9 Å². The number of rotatable bonds is 9. The van der Waals surface area contributed by atoms with Crippen molar-refractivity contribution in [3.63, 3.8) is 0 Å². The van der Waals surface area contributed by atoms with Crippen molar-refractivity contribution >= 4 is 46.3 Å². The maximum absolute atomic E-state index is 12.1. The van der Waals surface area contributed by atoms with E-state index >= 15 is 0 Å². The third-order valence-corrected chi connectivity index (χ3v) is 5.28. The number of benzene rings is 3. The van der Waals surface area contributed by atoms with Gasteiger partial charge in [0.1, 0.15) is 0 Å². The average molecular weight is 420 g/mol. The molecule has 0 saturated carbocycles. The lowest BCUT2D eigenvalue weighted by atomic mass is 10.1. The summed E-state index contributed by atoms with van der Waals surface area (Å²) in [6.45, 7) is 2.09. The third kappa shape index (κ3) is 6.97. The number of aryl methyl sites for hydroxylation is 1. The zero-order chi connectivity index (χ0) is 21.2. The SMILES string of the molecule is CCc1ccc(NC(=O)CSCC(=O)Nc2ccc(Nc3ccccc3)cc2)cc1. The molecule has 3 aromatic rings. The minimum absolute atomic E-state index is 0.117. The number of thioether (sulfide) groups is 1. The van der Waals surface area contributed by atoms with Crippen molar-refractivity contribution in [3.05, 3.63) is 84.4 Å². The second kappa shape index (κ2) is 11.1. The molecule has 0 aliphatic rings. The number of anilines is 4. The Morgan fingerprint density at radius 1 is 0.667 bits per heavy atom. The average Bonchev–Trinajstić information content (AvgIpc) is 2.76. The summed E-state index contributed by atoms with van der Waals surface area (Å²) in [7, 11) is 0. The molecule has 2 amide bonds. The summed E-state index contributed by atoms with van der Waals surface area (Å²) in [6, 6.07) is 25.2. The number of carbonyl (C=O) groups excluding carboxylic acids is 2. The predicted octanol–water partition coefficient (Wildman–Crippen LogP) is 5.30. The molecule has 5 nitrogen and oxygen atoms in total. The fraction of sp³-hybridized carbons (Fsp3) is 0.167. The summed E-state index contributed by atoms with van der Waals surface area (Å²) >= 11 is 1.28. The number of amides is 2. The maximum Gasteiger partial charge on any atom is 0.234 e.